The van der Waals surface area contributed by atoms with E-state index >= 15 is 0 Å². The second kappa shape index (κ2) is 7.25. The van der Waals surface area contributed by atoms with E-state index < -0.39 is 46.7 Å². The summed E-state index contributed by atoms with van der Waals surface area (Å²) in [5, 5.41) is 2.68. The van der Waals surface area contributed by atoms with Gasteiger partial charge in [-0.1, -0.05) is 0 Å². The molecule has 0 radical (unpaired) electrons. The first kappa shape index (κ1) is 19.3. The summed E-state index contributed by atoms with van der Waals surface area (Å²) < 4.78 is 66.7. The van der Waals surface area contributed by atoms with E-state index in [0.29, 0.717) is 4.90 Å². The largest absolute Gasteiger partial charge is 0.347 e. The number of likely N-dealkylation sites (N-methyl/N-ethyl adjacent to an activating group) is 1. The Morgan fingerprint density at radius 1 is 0.957 bits per heavy atom. The molecule has 1 unspecified atom stereocenters. The van der Waals surface area contributed by atoms with E-state index in [2.05, 4.69) is 5.32 Å². The maximum absolute atomic E-state index is 13.7. The predicted molar refractivity (Wildman–Crippen MR) is 74.2 cm³/mol. The van der Waals surface area contributed by atoms with Gasteiger partial charge in [-0.25, -0.2) is 22.0 Å². The van der Waals surface area contributed by atoms with Gasteiger partial charge >= 0.3 is 0 Å². The van der Waals surface area contributed by atoms with Gasteiger partial charge in [-0.3, -0.25) is 4.79 Å². The number of hydrogen-bond donors (Lipinski definition) is 2. The smallest absolute Gasteiger partial charge is 0.275 e. The molecule has 23 heavy (non-hydrogen) atoms. The van der Waals surface area contributed by atoms with E-state index in [1.807, 2.05) is 0 Å². The lowest BCUT2D eigenvalue weighted by Gasteiger charge is -2.23. The standard InChI is InChI=1S/C15H19F5N2O/c1-5-22(7-9(23)21-15(2,3)4)6-8-10(16)12(18)14(20)13(19)11(8)17/h5-7H2,1-4H3,(H,21,23)/p+1. The van der Waals surface area contributed by atoms with Gasteiger partial charge in [-0.05, 0) is 27.7 Å². The number of nitrogens with one attached hydrogen (secondary N) is 2. The number of rotatable bonds is 5. The van der Waals surface area contributed by atoms with Gasteiger partial charge in [0.2, 0.25) is 5.82 Å². The van der Waals surface area contributed by atoms with Crippen LogP contribution in [0.5, 0.6) is 0 Å². The van der Waals surface area contributed by atoms with Gasteiger partial charge in [0.1, 0.15) is 6.54 Å². The van der Waals surface area contributed by atoms with Crippen LogP contribution in [0.3, 0.4) is 0 Å². The SMILES string of the molecule is CC[NH+](CC(=O)NC(C)(C)C)Cc1c(F)c(F)c(F)c(F)c1F. The maximum Gasteiger partial charge on any atom is 0.275 e. The highest BCUT2D eigenvalue weighted by Crippen LogP contribution is 2.22. The molecule has 0 aromatic heterocycles. The molecule has 0 saturated carbocycles. The number of amides is 1. The van der Waals surface area contributed by atoms with Crippen LogP contribution >= 0.6 is 0 Å². The predicted octanol–water partition coefficient (Wildman–Crippen LogP) is 1.70. The van der Waals surface area contributed by atoms with Crippen molar-refractivity contribution in [3.63, 3.8) is 0 Å². The van der Waals surface area contributed by atoms with E-state index in [1.54, 1.807) is 27.7 Å². The van der Waals surface area contributed by atoms with E-state index in [0.717, 1.165) is 0 Å². The summed E-state index contributed by atoms with van der Waals surface area (Å²) in [4.78, 5) is 12.2. The average molecular weight is 339 g/mol. The summed E-state index contributed by atoms with van der Waals surface area (Å²) in [6.45, 7) is 6.58. The molecule has 0 spiro atoms. The monoisotopic (exact) mass is 339 g/mol. The average Bonchev–Trinajstić information content (AvgIpc) is 2.44. The summed E-state index contributed by atoms with van der Waals surface area (Å²) in [5.41, 5.74) is -1.40. The second-order valence-electron chi connectivity index (χ2n) is 6.30. The second-order valence-corrected chi connectivity index (χ2v) is 6.30. The number of benzene rings is 1. The summed E-state index contributed by atoms with van der Waals surface area (Å²) in [7, 11) is 0. The molecular weight excluding hydrogens is 319 g/mol. The van der Waals surface area contributed by atoms with Crippen LogP contribution in [0, 0.1) is 29.1 Å². The number of halogens is 5. The minimum atomic E-state index is -2.19. The number of quaternary nitrogens is 1. The van der Waals surface area contributed by atoms with E-state index in [4.69, 9.17) is 0 Å². The summed E-state index contributed by atoms with van der Waals surface area (Å²) >= 11 is 0. The molecule has 2 N–H and O–H groups in total. The van der Waals surface area contributed by atoms with Gasteiger partial charge in [0, 0.05) is 5.54 Å². The Balaban J connectivity index is 2.99. The van der Waals surface area contributed by atoms with Gasteiger partial charge < -0.3 is 10.2 Å². The molecule has 1 atom stereocenters. The fourth-order valence-electron chi connectivity index (χ4n) is 2.06. The first-order valence-electron chi connectivity index (χ1n) is 7.12. The molecule has 130 valence electrons. The topological polar surface area (TPSA) is 33.5 Å². The van der Waals surface area contributed by atoms with Crippen molar-refractivity contribution in [1.82, 2.24) is 5.32 Å². The Morgan fingerprint density at radius 2 is 1.39 bits per heavy atom. The molecule has 0 aliphatic rings. The number of carbonyl (C=O) groups is 1. The number of carbonyl (C=O) groups excluding carboxylic acids is 1. The van der Waals surface area contributed by atoms with Crippen molar-refractivity contribution in [2.24, 2.45) is 0 Å². The summed E-state index contributed by atoms with van der Waals surface area (Å²) in [6, 6.07) is 0. The zero-order valence-corrected chi connectivity index (χ0v) is 13.4. The molecule has 0 heterocycles. The highest BCUT2D eigenvalue weighted by Gasteiger charge is 2.28. The third kappa shape index (κ3) is 4.89. The first-order chi connectivity index (χ1) is 10.5. The lowest BCUT2D eigenvalue weighted by Crippen LogP contribution is -3.11. The van der Waals surface area contributed by atoms with Crippen molar-refractivity contribution in [2.45, 2.75) is 39.8 Å². The van der Waals surface area contributed by atoms with E-state index in [-0.39, 0.29) is 19.0 Å². The van der Waals surface area contributed by atoms with Crippen molar-refractivity contribution in [1.29, 1.82) is 0 Å². The molecule has 1 amide bonds. The normalized spacial score (nSPS) is 13.1. The Hall–Kier alpha value is -1.70. The molecule has 1 rings (SSSR count). The summed E-state index contributed by atoms with van der Waals surface area (Å²) in [6.07, 6.45) is 0. The van der Waals surface area contributed by atoms with Crippen molar-refractivity contribution in [3.8, 4) is 0 Å². The fourth-order valence-corrected chi connectivity index (χ4v) is 2.06. The van der Waals surface area contributed by atoms with Gasteiger partial charge in [-0.2, -0.15) is 0 Å². The minimum Gasteiger partial charge on any atom is -0.347 e. The zero-order valence-electron chi connectivity index (χ0n) is 13.4. The third-order valence-corrected chi connectivity index (χ3v) is 3.15. The molecule has 0 bridgehead atoms. The van der Waals surface area contributed by atoms with Crippen LogP contribution in [0.4, 0.5) is 22.0 Å². The van der Waals surface area contributed by atoms with Crippen LogP contribution in [0.2, 0.25) is 0 Å². The van der Waals surface area contributed by atoms with Gasteiger partial charge in [0.25, 0.3) is 5.91 Å². The van der Waals surface area contributed by atoms with Crippen molar-refractivity contribution < 1.29 is 31.6 Å². The Kier molecular flexibility index (Phi) is 6.10. The highest BCUT2D eigenvalue weighted by molar-refractivity contribution is 5.77. The van der Waals surface area contributed by atoms with Crippen LogP contribution in [0.15, 0.2) is 0 Å². The quantitative estimate of drug-likeness (QED) is 0.478. The Labute approximate surface area is 131 Å². The molecule has 0 fully saturated rings. The van der Waals surface area contributed by atoms with Crippen LogP contribution in [-0.4, -0.2) is 24.5 Å². The van der Waals surface area contributed by atoms with Crippen LogP contribution < -0.4 is 10.2 Å². The van der Waals surface area contributed by atoms with Gasteiger partial charge in [-0.15, -0.1) is 0 Å². The molecule has 1 aromatic carbocycles. The molecule has 0 saturated heterocycles. The molecule has 8 heteroatoms. The van der Waals surface area contributed by atoms with Crippen LogP contribution in [-0.2, 0) is 11.3 Å². The highest BCUT2D eigenvalue weighted by atomic mass is 19.2. The molecule has 0 aliphatic carbocycles. The van der Waals surface area contributed by atoms with Gasteiger partial charge in [0.15, 0.2) is 29.8 Å². The lowest BCUT2D eigenvalue weighted by molar-refractivity contribution is -0.904. The molecule has 3 nitrogen and oxygen atoms in total. The van der Waals surface area contributed by atoms with Crippen LogP contribution in [0.1, 0.15) is 33.3 Å². The minimum absolute atomic E-state index is 0.146. The Morgan fingerprint density at radius 3 is 1.78 bits per heavy atom. The fraction of sp³-hybridized carbons (Fsp3) is 0.533. The third-order valence-electron chi connectivity index (χ3n) is 3.15. The van der Waals surface area contributed by atoms with Crippen molar-refractivity contribution >= 4 is 5.91 Å². The lowest BCUT2D eigenvalue weighted by atomic mass is 10.1. The van der Waals surface area contributed by atoms with Gasteiger partial charge in [0.05, 0.1) is 12.1 Å². The summed E-state index contributed by atoms with van der Waals surface area (Å²) in [5.74, 6) is -10.2. The molecule has 0 aliphatic heterocycles. The van der Waals surface area contributed by atoms with Crippen LogP contribution in [0.25, 0.3) is 0 Å². The maximum atomic E-state index is 13.7. The number of hydrogen-bond acceptors (Lipinski definition) is 1. The first-order valence-corrected chi connectivity index (χ1v) is 7.12. The van der Waals surface area contributed by atoms with Crippen molar-refractivity contribution in [2.75, 3.05) is 13.1 Å². The zero-order chi connectivity index (χ0) is 17.9. The van der Waals surface area contributed by atoms with E-state index in [9.17, 15) is 26.7 Å². The molecular formula is C15H20F5N2O+. The Bertz CT molecular complexity index is 570. The van der Waals surface area contributed by atoms with Crippen molar-refractivity contribution in [3.05, 3.63) is 34.6 Å². The van der Waals surface area contributed by atoms with E-state index in [1.165, 1.54) is 0 Å². The molecule has 1 aromatic rings.